The van der Waals surface area contributed by atoms with E-state index in [1.54, 1.807) is 5.47 Å². The number of rotatable bonds is 3. The van der Waals surface area contributed by atoms with Gasteiger partial charge in [0.15, 0.2) is 0 Å². The van der Waals surface area contributed by atoms with Gasteiger partial charge in [0, 0.05) is 0 Å². The zero-order valence-electron chi connectivity index (χ0n) is 9.30. The number of fused-ring (bicyclic) bond motifs is 1. The molecule has 1 radical (unpaired) electrons. The van der Waals surface area contributed by atoms with Crippen LogP contribution in [0.3, 0.4) is 0 Å². The molecule has 1 saturated carbocycles. The molecule has 2 rings (SSSR count). The summed E-state index contributed by atoms with van der Waals surface area (Å²) in [6, 6.07) is 0. The summed E-state index contributed by atoms with van der Waals surface area (Å²) < 4.78 is 0. The van der Waals surface area contributed by atoms with Crippen LogP contribution in [0.1, 0.15) is 40.5 Å². The van der Waals surface area contributed by atoms with Crippen molar-refractivity contribution in [1.29, 1.82) is 0 Å². The van der Waals surface area contributed by atoms with Crippen LogP contribution in [-0.2, 0) is 0 Å². The Labute approximate surface area is 83.0 Å². The Balaban J connectivity index is 1.97. The maximum Gasteiger partial charge on any atom is 0.149 e. The van der Waals surface area contributed by atoms with Crippen molar-refractivity contribution in [2.75, 3.05) is 0 Å². The van der Waals surface area contributed by atoms with E-state index in [0.717, 1.165) is 17.7 Å². The lowest BCUT2D eigenvalue weighted by Crippen LogP contribution is -2.04. The number of hydrogen-bond donors (Lipinski definition) is 0. The zero-order valence-corrected chi connectivity index (χ0v) is 9.30. The minimum Gasteiger partial charge on any atom is -0.109 e. The Morgan fingerprint density at radius 2 is 2.38 bits per heavy atom. The largest absolute Gasteiger partial charge is 0.149 e. The summed E-state index contributed by atoms with van der Waals surface area (Å²) in [5.74, 6) is 2.61. The monoisotopic (exact) mass is 175 g/mol. The number of allylic oxidation sites excluding steroid dienone is 2. The molecule has 0 aromatic rings. The van der Waals surface area contributed by atoms with E-state index in [-0.39, 0.29) is 0 Å². The first-order valence-electron chi connectivity index (χ1n) is 5.64. The van der Waals surface area contributed by atoms with E-state index in [0.29, 0.717) is 5.41 Å². The third kappa shape index (κ3) is 1.28. The smallest absolute Gasteiger partial charge is 0.109 e. The first-order chi connectivity index (χ1) is 6.09. The van der Waals surface area contributed by atoms with Gasteiger partial charge in [-0.3, -0.25) is 0 Å². The van der Waals surface area contributed by atoms with Crippen molar-refractivity contribution in [3.8, 4) is 0 Å². The van der Waals surface area contributed by atoms with Crippen LogP contribution in [0.4, 0.5) is 0 Å². The van der Waals surface area contributed by atoms with Crippen molar-refractivity contribution in [3.63, 3.8) is 0 Å². The molecule has 0 spiro atoms. The highest BCUT2D eigenvalue weighted by Crippen LogP contribution is 2.67. The molecule has 0 amide bonds. The Hall–Kier alpha value is -0.195. The third-order valence-electron chi connectivity index (χ3n) is 4.40. The molecule has 0 nitrogen and oxygen atoms in total. The maximum atomic E-state index is 2.50. The summed E-state index contributed by atoms with van der Waals surface area (Å²) in [6.07, 6.45) is 5.06. The number of hydrogen-bond acceptors (Lipinski definition) is 0. The van der Waals surface area contributed by atoms with Gasteiger partial charge in [-0.25, -0.2) is 0 Å². The van der Waals surface area contributed by atoms with Gasteiger partial charge in [-0.15, -0.1) is 5.47 Å². The highest BCUT2D eigenvalue weighted by atomic mass is 14.6. The lowest BCUT2D eigenvalue weighted by Gasteiger charge is -2.08. The fraction of sp³-hybridized carbons (Fsp3) is 0.833. The molecule has 0 bridgehead atoms. The normalized spacial score (nSPS) is 43.8. The van der Waals surface area contributed by atoms with Crippen LogP contribution in [0.5, 0.6) is 0 Å². The van der Waals surface area contributed by atoms with Crippen molar-refractivity contribution in [2.24, 2.45) is 17.3 Å². The van der Waals surface area contributed by atoms with Gasteiger partial charge in [0.25, 0.3) is 0 Å². The predicted octanol–water partition coefficient (Wildman–Crippen LogP) is 3.47. The fourth-order valence-corrected chi connectivity index (χ4v) is 2.86. The summed E-state index contributed by atoms with van der Waals surface area (Å²) >= 11 is 0. The van der Waals surface area contributed by atoms with Crippen molar-refractivity contribution in [1.82, 2.24) is 0 Å². The van der Waals surface area contributed by atoms with Gasteiger partial charge < -0.3 is 0 Å². The maximum absolute atomic E-state index is 2.50. The Morgan fingerprint density at radius 1 is 1.69 bits per heavy atom. The molecular formula is C12H20B. The van der Waals surface area contributed by atoms with Crippen molar-refractivity contribution in [3.05, 3.63) is 11.5 Å². The highest BCUT2D eigenvalue weighted by Gasteiger charge is 2.60. The van der Waals surface area contributed by atoms with Gasteiger partial charge in [0.2, 0.25) is 0 Å². The fourth-order valence-electron chi connectivity index (χ4n) is 2.86. The first-order valence-corrected chi connectivity index (χ1v) is 5.64. The Morgan fingerprint density at radius 3 is 2.85 bits per heavy atom. The van der Waals surface area contributed by atoms with Crippen molar-refractivity contribution in [2.45, 2.75) is 46.4 Å². The summed E-state index contributed by atoms with van der Waals surface area (Å²) in [5, 5.41) is 0. The minimum absolute atomic E-state index is 0.652. The third-order valence-corrected chi connectivity index (χ3v) is 4.40. The summed E-state index contributed by atoms with van der Waals surface area (Å²) in [4.78, 5) is 0. The highest BCUT2D eigenvalue weighted by molar-refractivity contribution is 6.47. The Bertz CT molecular complexity index is 244. The van der Waals surface area contributed by atoms with E-state index in [9.17, 15) is 0 Å². The molecule has 1 fully saturated rings. The molecule has 4 unspecified atom stereocenters. The molecule has 0 aromatic heterocycles. The summed E-state index contributed by atoms with van der Waals surface area (Å²) in [6.45, 7) is 9.44. The summed E-state index contributed by atoms with van der Waals surface area (Å²) in [7, 11) is 2.50. The van der Waals surface area contributed by atoms with Gasteiger partial charge in [-0.05, 0) is 23.7 Å². The van der Waals surface area contributed by atoms with E-state index in [4.69, 9.17) is 0 Å². The molecule has 0 aromatic carbocycles. The van der Waals surface area contributed by atoms with E-state index in [2.05, 4.69) is 41.1 Å². The van der Waals surface area contributed by atoms with Crippen LogP contribution in [-0.4, -0.2) is 7.28 Å². The van der Waals surface area contributed by atoms with Crippen molar-refractivity contribution < 1.29 is 0 Å². The molecule has 1 heteroatoms. The van der Waals surface area contributed by atoms with Crippen LogP contribution >= 0.6 is 0 Å². The molecule has 0 aliphatic heterocycles. The minimum atomic E-state index is 0.652. The first kappa shape index (κ1) is 9.36. The van der Waals surface area contributed by atoms with Crippen molar-refractivity contribution >= 4 is 7.28 Å². The quantitative estimate of drug-likeness (QED) is 0.576. The zero-order chi connectivity index (χ0) is 9.64. The molecule has 71 valence electrons. The van der Waals surface area contributed by atoms with Gasteiger partial charge in [0.1, 0.15) is 7.28 Å². The molecule has 2 aliphatic rings. The average molecular weight is 175 g/mol. The van der Waals surface area contributed by atoms with Gasteiger partial charge >= 0.3 is 0 Å². The van der Waals surface area contributed by atoms with Crippen LogP contribution in [0.2, 0.25) is 5.82 Å². The second-order valence-corrected chi connectivity index (χ2v) is 5.23. The molecular weight excluding hydrogens is 155 g/mol. The van der Waals surface area contributed by atoms with Gasteiger partial charge in [-0.2, -0.15) is 0 Å². The lowest BCUT2D eigenvalue weighted by molar-refractivity contribution is 0.529. The molecule has 13 heavy (non-hydrogen) atoms. The molecule has 2 aliphatic carbocycles. The molecule has 0 saturated heterocycles. The van der Waals surface area contributed by atoms with E-state index in [1.165, 1.54) is 12.8 Å². The van der Waals surface area contributed by atoms with Crippen LogP contribution in [0.25, 0.3) is 0 Å². The standard InChI is InChI=1S/C12H20B/c1-5-8(2)13-10-6-7-12(4)9(3)11(10)12/h6,8-9,11H,5,7H2,1-4H3. The Kier molecular flexibility index (Phi) is 2.09. The van der Waals surface area contributed by atoms with Crippen LogP contribution in [0.15, 0.2) is 11.5 Å². The van der Waals surface area contributed by atoms with E-state index >= 15 is 0 Å². The summed E-state index contributed by atoms with van der Waals surface area (Å²) in [5.41, 5.74) is 2.31. The topological polar surface area (TPSA) is 0 Å². The average Bonchev–Trinajstić information content (AvgIpc) is 2.49. The second-order valence-electron chi connectivity index (χ2n) is 5.23. The molecule has 0 heterocycles. The van der Waals surface area contributed by atoms with E-state index in [1.807, 2.05) is 0 Å². The van der Waals surface area contributed by atoms with Crippen LogP contribution in [0, 0.1) is 17.3 Å². The lowest BCUT2D eigenvalue weighted by atomic mass is 9.57. The van der Waals surface area contributed by atoms with Gasteiger partial charge in [-0.1, -0.05) is 46.0 Å². The SMILES string of the molecule is CCC(C)[B]C1=CCC2(C)C(C)C12. The van der Waals surface area contributed by atoms with Crippen LogP contribution < -0.4 is 0 Å². The van der Waals surface area contributed by atoms with Gasteiger partial charge in [0.05, 0.1) is 0 Å². The van der Waals surface area contributed by atoms with E-state index < -0.39 is 0 Å². The second kappa shape index (κ2) is 2.90. The predicted molar refractivity (Wildman–Crippen MR) is 58.9 cm³/mol. The molecule has 4 atom stereocenters. The molecule has 0 N–H and O–H groups in total.